The number of nitrogens with one attached hydrogen (secondary N) is 1. The Bertz CT molecular complexity index is 1120. The number of hydrogen-bond donors (Lipinski definition) is 1. The van der Waals surface area contributed by atoms with Crippen molar-refractivity contribution in [2.75, 3.05) is 46.9 Å². The normalized spacial score (nSPS) is 14.7. The number of carbonyl (C=O) groups excluding carboxylic acids is 2. The Morgan fingerprint density at radius 3 is 2.36 bits per heavy atom. The van der Waals surface area contributed by atoms with Gasteiger partial charge in [-0.25, -0.2) is 8.42 Å². The van der Waals surface area contributed by atoms with Gasteiger partial charge in [0, 0.05) is 37.1 Å². The lowest BCUT2D eigenvalue weighted by atomic mass is 10.2. The molecule has 1 aliphatic rings. The van der Waals surface area contributed by atoms with Gasteiger partial charge < -0.3 is 19.7 Å². The highest BCUT2D eigenvalue weighted by Crippen LogP contribution is 2.31. The third-order valence-corrected chi connectivity index (χ3v) is 8.85. The molecule has 0 spiro atoms. The van der Waals surface area contributed by atoms with Crippen molar-refractivity contribution in [3.8, 4) is 11.5 Å². The van der Waals surface area contributed by atoms with E-state index in [0.29, 0.717) is 10.6 Å². The van der Waals surface area contributed by atoms with E-state index >= 15 is 0 Å². The molecule has 0 radical (unpaired) electrons. The molecular formula is C22H29N3O6S2. The molecule has 2 heterocycles. The molecule has 0 unspecified atom stereocenters. The van der Waals surface area contributed by atoms with E-state index in [9.17, 15) is 18.0 Å². The monoisotopic (exact) mass is 495 g/mol. The molecule has 0 bridgehead atoms. The van der Waals surface area contributed by atoms with Crippen molar-refractivity contribution in [1.29, 1.82) is 0 Å². The van der Waals surface area contributed by atoms with Crippen LogP contribution in [0.3, 0.4) is 0 Å². The summed E-state index contributed by atoms with van der Waals surface area (Å²) in [5.41, 5.74) is 1.07. The van der Waals surface area contributed by atoms with Gasteiger partial charge in [-0.2, -0.15) is 4.31 Å². The first-order chi connectivity index (χ1) is 15.7. The number of hydrogen-bond acceptors (Lipinski definition) is 7. The smallest absolute Gasteiger partial charge is 0.261 e. The van der Waals surface area contributed by atoms with Crippen LogP contribution in [0.25, 0.3) is 0 Å². The molecule has 3 rings (SSSR count). The molecule has 1 fully saturated rings. The van der Waals surface area contributed by atoms with E-state index in [0.717, 1.165) is 16.9 Å². The van der Waals surface area contributed by atoms with Gasteiger partial charge in [-0.05, 0) is 37.1 Å². The highest BCUT2D eigenvalue weighted by molar-refractivity contribution is 7.89. The average molecular weight is 496 g/mol. The number of methoxy groups -OCH3 is 2. The molecule has 0 atom stereocenters. The Morgan fingerprint density at radius 2 is 1.79 bits per heavy atom. The van der Waals surface area contributed by atoms with Crippen LogP contribution in [0.2, 0.25) is 0 Å². The van der Waals surface area contributed by atoms with Crippen LogP contribution in [-0.2, 0) is 21.2 Å². The molecular weight excluding hydrogens is 466 g/mol. The fourth-order valence-corrected chi connectivity index (χ4v) is 6.26. The lowest BCUT2D eigenvalue weighted by Gasteiger charge is -2.34. The van der Waals surface area contributed by atoms with Crippen LogP contribution in [0.4, 0.5) is 0 Å². The summed E-state index contributed by atoms with van der Waals surface area (Å²) in [4.78, 5) is 28.3. The minimum absolute atomic E-state index is 0.0223. The molecule has 11 heteroatoms. The second-order valence-corrected chi connectivity index (χ2v) is 10.6. The topological polar surface area (TPSA) is 105 Å². The SMILES string of the molecule is CCc1sc(C(=O)NCC(=O)N2CCN(S(=O)(=O)c3cc(OC)ccc3OC)CC2)cc1C. The maximum absolute atomic E-state index is 13.2. The van der Waals surface area contributed by atoms with Gasteiger partial charge >= 0.3 is 0 Å². The number of nitrogens with zero attached hydrogens (tertiary/aromatic N) is 2. The standard InChI is InChI=1S/C22H29N3O6S2/c1-5-18-15(2)12-19(32-18)22(27)23-14-21(26)24-8-10-25(11-9-24)33(28,29)20-13-16(30-3)6-7-17(20)31-4/h6-7,12-13H,5,8-11,14H2,1-4H3,(H,23,27). The predicted octanol–water partition coefficient (Wildman–Crippen LogP) is 1.90. The van der Waals surface area contributed by atoms with Crippen LogP contribution in [-0.4, -0.2) is 76.4 Å². The maximum atomic E-state index is 13.2. The summed E-state index contributed by atoms with van der Waals surface area (Å²) in [5, 5.41) is 2.67. The molecule has 0 saturated carbocycles. The summed E-state index contributed by atoms with van der Waals surface area (Å²) in [6.45, 7) is 4.63. The van der Waals surface area contributed by atoms with Gasteiger partial charge in [0.1, 0.15) is 16.4 Å². The van der Waals surface area contributed by atoms with E-state index in [1.54, 1.807) is 17.0 Å². The summed E-state index contributed by atoms with van der Waals surface area (Å²) >= 11 is 1.43. The first kappa shape index (κ1) is 25.0. The summed E-state index contributed by atoms with van der Waals surface area (Å²) < 4.78 is 38.0. The van der Waals surface area contributed by atoms with Crippen LogP contribution in [0.5, 0.6) is 11.5 Å². The number of aryl methyl sites for hydroxylation is 2. The molecule has 180 valence electrons. The van der Waals surface area contributed by atoms with Crippen molar-refractivity contribution in [3.05, 3.63) is 39.6 Å². The van der Waals surface area contributed by atoms with Crippen LogP contribution < -0.4 is 14.8 Å². The Kier molecular flexibility index (Phi) is 7.98. The van der Waals surface area contributed by atoms with Crippen LogP contribution in [0, 0.1) is 6.92 Å². The van der Waals surface area contributed by atoms with Crippen molar-refractivity contribution < 1.29 is 27.5 Å². The largest absolute Gasteiger partial charge is 0.497 e. The van der Waals surface area contributed by atoms with E-state index in [4.69, 9.17) is 9.47 Å². The van der Waals surface area contributed by atoms with Crippen molar-refractivity contribution in [2.45, 2.75) is 25.2 Å². The van der Waals surface area contributed by atoms with Crippen molar-refractivity contribution in [3.63, 3.8) is 0 Å². The molecule has 1 aromatic carbocycles. The minimum atomic E-state index is -3.83. The Labute approximate surface area is 198 Å². The van der Waals surface area contributed by atoms with E-state index in [1.165, 1.54) is 35.9 Å². The lowest BCUT2D eigenvalue weighted by molar-refractivity contribution is -0.131. The molecule has 0 aliphatic carbocycles. The third-order valence-electron chi connectivity index (χ3n) is 5.55. The zero-order valence-corrected chi connectivity index (χ0v) is 20.8. The van der Waals surface area contributed by atoms with Crippen molar-refractivity contribution in [2.24, 2.45) is 0 Å². The lowest BCUT2D eigenvalue weighted by Crippen LogP contribution is -2.52. The van der Waals surface area contributed by atoms with Crippen LogP contribution >= 0.6 is 11.3 Å². The fourth-order valence-electron chi connectivity index (χ4n) is 3.64. The summed E-state index contributed by atoms with van der Waals surface area (Å²) in [6, 6.07) is 6.44. The first-order valence-electron chi connectivity index (χ1n) is 10.6. The first-order valence-corrected chi connectivity index (χ1v) is 12.8. The van der Waals surface area contributed by atoms with E-state index in [2.05, 4.69) is 5.32 Å². The van der Waals surface area contributed by atoms with Gasteiger partial charge in [-0.3, -0.25) is 9.59 Å². The number of thiophene rings is 1. The van der Waals surface area contributed by atoms with Crippen molar-refractivity contribution in [1.82, 2.24) is 14.5 Å². The number of benzene rings is 1. The molecule has 2 aromatic rings. The minimum Gasteiger partial charge on any atom is -0.497 e. The number of amides is 2. The molecule has 33 heavy (non-hydrogen) atoms. The molecule has 2 amide bonds. The highest BCUT2D eigenvalue weighted by atomic mass is 32.2. The van der Waals surface area contributed by atoms with Gasteiger partial charge in [0.05, 0.1) is 25.6 Å². The summed E-state index contributed by atoms with van der Waals surface area (Å²) in [5.74, 6) is 0.115. The van der Waals surface area contributed by atoms with Gasteiger partial charge in [-0.15, -0.1) is 11.3 Å². The molecule has 1 aromatic heterocycles. The Morgan fingerprint density at radius 1 is 1.09 bits per heavy atom. The number of carbonyl (C=O) groups is 2. The summed E-state index contributed by atoms with van der Waals surface area (Å²) in [6.07, 6.45) is 0.859. The summed E-state index contributed by atoms with van der Waals surface area (Å²) in [7, 11) is -0.960. The third kappa shape index (κ3) is 5.48. The quantitative estimate of drug-likeness (QED) is 0.600. The second-order valence-electron chi connectivity index (χ2n) is 7.55. The Balaban J connectivity index is 1.59. The second kappa shape index (κ2) is 10.5. The molecule has 1 aliphatic heterocycles. The van der Waals surface area contributed by atoms with E-state index < -0.39 is 10.0 Å². The molecule has 1 saturated heterocycles. The van der Waals surface area contributed by atoms with Gasteiger partial charge in [0.15, 0.2) is 0 Å². The predicted molar refractivity (Wildman–Crippen MR) is 126 cm³/mol. The number of sulfonamides is 1. The molecule has 9 nitrogen and oxygen atoms in total. The number of piperazine rings is 1. The zero-order chi connectivity index (χ0) is 24.2. The van der Waals surface area contributed by atoms with Crippen LogP contribution in [0.15, 0.2) is 29.2 Å². The van der Waals surface area contributed by atoms with Crippen molar-refractivity contribution >= 4 is 33.2 Å². The Hall–Kier alpha value is -2.63. The maximum Gasteiger partial charge on any atom is 0.261 e. The van der Waals surface area contributed by atoms with Gasteiger partial charge in [-0.1, -0.05) is 6.92 Å². The van der Waals surface area contributed by atoms with E-state index in [1.807, 2.05) is 19.9 Å². The van der Waals surface area contributed by atoms with Gasteiger partial charge in [0.2, 0.25) is 15.9 Å². The van der Waals surface area contributed by atoms with E-state index in [-0.39, 0.29) is 55.2 Å². The molecule has 1 N–H and O–H groups in total. The van der Waals surface area contributed by atoms with Gasteiger partial charge in [0.25, 0.3) is 5.91 Å². The number of rotatable bonds is 8. The zero-order valence-electron chi connectivity index (χ0n) is 19.2. The number of ether oxygens (including phenoxy) is 2. The fraction of sp³-hybridized carbons (Fsp3) is 0.455. The highest BCUT2D eigenvalue weighted by Gasteiger charge is 2.32. The van der Waals surface area contributed by atoms with Crippen LogP contribution in [0.1, 0.15) is 27.0 Å². The average Bonchev–Trinajstić information content (AvgIpc) is 3.22.